The molecule has 0 aliphatic carbocycles. The van der Waals surface area contributed by atoms with Crippen molar-refractivity contribution in [2.24, 2.45) is 5.10 Å². The molecule has 1 heterocycles. The maximum Gasteiger partial charge on any atom is 0.276 e. The highest BCUT2D eigenvalue weighted by atomic mass is 32.2. The van der Waals surface area contributed by atoms with Crippen molar-refractivity contribution in [3.63, 3.8) is 0 Å². The number of benzene rings is 3. The zero-order chi connectivity index (χ0) is 22.7. The smallest absolute Gasteiger partial charge is 0.276 e. The lowest BCUT2D eigenvalue weighted by Crippen LogP contribution is -2.27. The minimum atomic E-state index is -3.93. The number of amides is 1. The molecule has 0 saturated carbocycles. The van der Waals surface area contributed by atoms with Crippen LogP contribution in [0.4, 0.5) is 5.69 Å². The molecule has 1 aromatic heterocycles. The first-order valence-corrected chi connectivity index (χ1v) is 11.3. The van der Waals surface area contributed by atoms with Gasteiger partial charge >= 0.3 is 0 Å². The number of anilines is 1. The minimum Gasteiger partial charge on any atom is -0.436 e. The Bertz CT molecular complexity index is 1480. The summed E-state index contributed by atoms with van der Waals surface area (Å²) in [6.45, 7) is 3.87. The SMILES string of the molecule is Cc1cccc(NC(=O)c2cc3ccccc3o/c2=N\NS(=O)(=O)c2ccccc2)c1C. The van der Waals surface area contributed by atoms with Crippen LogP contribution in [0.5, 0.6) is 0 Å². The van der Waals surface area contributed by atoms with Crippen molar-refractivity contribution >= 4 is 32.6 Å². The zero-order valence-corrected chi connectivity index (χ0v) is 18.3. The summed E-state index contributed by atoms with van der Waals surface area (Å²) < 4.78 is 30.9. The van der Waals surface area contributed by atoms with E-state index < -0.39 is 15.9 Å². The maximum atomic E-state index is 13.1. The van der Waals surface area contributed by atoms with E-state index in [0.717, 1.165) is 11.1 Å². The van der Waals surface area contributed by atoms with E-state index in [1.165, 1.54) is 12.1 Å². The number of hydrogen-bond acceptors (Lipinski definition) is 5. The highest BCUT2D eigenvalue weighted by Gasteiger charge is 2.16. The van der Waals surface area contributed by atoms with Crippen molar-refractivity contribution in [2.75, 3.05) is 5.32 Å². The molecule has 0 saturated heterocycles. The Morgan fingerprint density at radius 2 is 1.62 bits per heavy atom. The molecule has 4 rings (SSSR count). The third kappa shape index (κ3) is 4.40. The number of nitrogens with one attached hydrogen (secondary N) is 2. The van der Waals surface area contributed by atoms with Crippen LogP contribution in [-0.2, 0) is 10.0 Å². The van der Waals surface area contributed by atoms with Crippen LogP contribution in [-0.4, -0.2) is 14.3 Å². The molecule has 8 heteroatoms. The Labute approximate surface area is 185 Å². The van der Waals surface area contributed by atoms with E-state index in [0.29, 0.717) is 16.7 Å². The summed E-state index contributed by atoms with van der Waals surface area (Å²) in [4.78, 5) is 15.3. The third-order valence-corrected chi connectivity index (χ3v) is 6.30. The first-order valence-electron chi connectivity index (χ1n) is 9.86. The van der Waals surface area contributed by atoms with Crippen LogP contribution in [0.1, 0.15) is 21.5 Å². The van der Waals surface area contributed by atoms with Gasteiger partial charge in [-0.15, -0.1) is 5.10 Å². The van der Waals surface area contributed by atoms with Crippen molar-refractivity contribution in [3.8, 4) is 0 Å². The molecular weight excluding hydrogens is 426 g/mol. The molecule has 1 amide bonds. The Morgan fingerprint density at radius 1 is 0.906 bits per heavy atom. The Balaban J connectivity index is 1.78. The normalized spacial score (nSPS) is 12.0. The summed E-state index contributed by atoms with van der Waals surface area (Å²) in [5.41, 5.74) is 3.03. The fraction of sp³-hybridized carbons (Fsp3) is 0.0833. The average molecular weight is 448 g/mol. The monoisotopic (exact) mass is 447 g/mol. The summed E-state index contributed by atoms with van der Waals surface area (Å²) in [5.74, 6) is -0.467. The number of para-hydroxylation sites is 1. The first-order chi connectivity index (χ1) is 15.3. The quantitative estimate of drug-likeness (QED) is 0.450. The van der Waals surface area contributed by atoms with Crippen LogP contribution in [0.15, 0.2) is 93.3 Å². The number of fused-ring (bicyclic) bond motifs is 1. The molecule has 0 aliphatic heterocycles. The van der Waals surface area contributed by atoms with Crippen LogP contribution in [0.25, 0.3) is 11.0 Å². The molecule has 0 bridgehead atoms. The standard InChI is InChI=1S/C24H21N3O4S/c1-16-9-8-13-21(17(16)2)25-23(28)20-15-18-10-6-7-14-22(18)31-24(20)26-27-32(29,30)19-11-4-3-5-12-19/h3-15,27H,1-2H3,(H,25,28)/b26-24-. The molecule has 0 spiro atoms. The van der Waals surface area contributed by atoms with Gasteiger partial charge in [-0.2, -0.15) is 13.2 Å². The van der Waals surface area contributed by atoms with E-state index in [2.05, 4.69) is 15.2 Å². The van der Waals surface area contributed by atoms with Gasteiger partial charge in [-0.3, -0.25) is 4.79 Å². The molecule has 162 valence electrons. The van der Waals surface area contributed by atoms with Crippen molar-refractivity contribution in [1.29, 1.82) is 0 Å². The molecule has 7 nitrogen and oxygen atoms in total. The Hall–Kier alpha value is -3.91. The van der Waals surface area contributed by atoms with E-state index >= 15 is 0 Å². The van der Waals surface area contributed by atoms with Gasteiger partial charge in [-0.25, -0.2) is 0 Å². The number of nitrogens with zero attached hydrogens (tertiary/aromatic N) is 1. The molecule has 0 fully saturated rings. The van der Waals surface area contributed by atoms with Crippen molar-refractivity contribution in [2.45, 2.75) is 18.7 Å². The fourth-order valence-corrected chi connectivity index (χ4v) is 3.97. The van der Waals surface area contributed by atoms with E-state index in [4.69, 9.17) is 4.42 Å². The molecule has 32 heavy (non-hydrogen) atoms. The van der Waals surface area contributed by atoms with Gasteiger partial charge in [0.25, 0.3) is 15.9 Å². The third-order valence-electron chi connectivity index (χ3n) is 5.07. The van der Waals surface area contributed by atoms with Crippen LogP contribution in [0.2, 0.25) is 0 Å². The van der Waals surface area contributed by atoms with Gasteiger partial charge in [0, 0.05) is 11.1 Å². The topological polar surface area (TPSA) is 101 Å². The zero-order valence-electron chi connectivity index (χ0n) is 17.5. The number of rotatable bonds is 5. The molecule has 0 radical (unpaired) electrons. The van der Waals surface area contributed by atoms with Gasteiger partial charge in [-0.05, 0) is 55.3 Å². The first kappa shape index (κ1) is 21.3. The summed E-state index contributed by atoms with van der Waals surface area (Å²) in [6, 6.07) is 22.2. The average Bonchev–Trinajstić information content (AvgIpc) is 2.80. The second-order valence-corrected chi connectivity index (χ2v) is 8.89. The molecular formula is C24H21N3O4S. The van der Waals surface area contributed by atoms with Crippen molar-refractivity contribution in [1.82, 2.24) is 4.83 Å². The highest BCUT2D eigenvalue weighted by Crippen LogP contribution is 2.19. The summed E-state index contributed by atoms with van der Waals surface area (Å²) in [6.07, 6.45) is 0. The molecule has 2 N–H and O–H groups in total. The van der Waals surface area contributed by atoms with Crippen molar-refractivity contribution in [3.05, 3.63) is 101 Å². The van der Waals surface area contributed by atoms with Gasteiger partial charge in [-0.1, -0.05) is 48.5 Å². The minimum absolute atomic E-state index is 0.0472. The highest BCUT2D eigenvalue weighted by molar-refractivity contribution is 7.89. The largest absolute Gasteiger partial charge is 0.436 e. The summed E-state index contributed by atoms with van der Waals surface area (Å²) >= 11 is 0. The lowest BCUT2D eigenvalue weighted by Gasteiger charge is -2.11. The Morgan fingerprint density at radius 3 is 2.41 bits per heavy atom. The van der Waals surface area contributed by atoms with Crippen LogP contribution in [0, 0.1) is 13.8 Å². The molecule has 0 aliphatic rings. The molecule has 4 aromatic rings. The van der Waals surface area contributed by atoms with E-state index in [9.17, 15) is 13.2 Å². The van der Waals surface area contributed by atoms with Crippen molar-refractivity contribution < 1.29 is 17.6 Å². The molecule has 0 unspecified atom stereocenters. The van der Waals surface area contributed by atoms with Gasteiger partial charge in [0.2, 0.25) is 5.55 Å². The number of hydrogen-bond donors (Lipinski definition) is 2. The van der Waals surface area contributed by atoms with Crippen LogP contribution in [0.3, 0.4) is 0 Å². The lowest BCUT2D eigenvalue weighted by atomic mass is 10.1. The van der Waals surface area contributed by atoms with Gasteiger partial charge in [0.05, 0.1) is 4.90 Å². The Kier molecular flexibility index (Phi) is 5.79. The van der Waals surface area contributed by atoms with Gasteiger partial charge in [0.1, 0.15) is 11.1 Å². The fourth-order valence-electron chi connectivity index (χ4n) is 3.14. The van der Waals surface area contributed by atoms with E-state index in [-0.39, 0.29) is 16.0 Å². The summed E-state index contributed by atoms with van der Waals surface area (Å²) in [7, 11) is -3.93. The predicted octanol–water partition coefficient (Wildman–Crippen LogP) is 4.10. The molecule has 3 aromatic carbocycles. The summed E-state index contributed by atoms with van der Waals surface area (Å²) in [5, 5.41) is 7.49. The number of carbonyl (C=O) groups is 1. The predicted molar refractivity (Wildman–Crippen MR) is 122 cm³/mol. The van der Waals surface area contributed by atoms with Crippen LogP contribution >= 0.6 is 0 Å². The second-order valence-electron chi connectivity index (χ2n) is 7.22. The number of aryl methyl sites for hydroxylation is 1. The van der Waals surface area contributed by atoms with E-state index in [1.54, 1.807) is 48.5 Å². The lowest BCUT2D eigenvalue weighted by molar-refractivity contribution is 0.102. The van der Waals surface area contributed by atoms with Gasteiger partial charge in [0.15, 0.2) is 0 Å². The van der Waals surface area contributed by atoms with Crippen LogP contribution < -0.4 is 15.7 Å². The number of sulfonamides is 1. The maximum absolute atomic E-state index is 13.1. The number of carbonyl (C=O) groups excluding carboxylic acids is 1. The van der Waals surface area contributed by atoms with E-state index in [1.807, 2.05) is 32.0 Å². The molecule has 0 atom stereocenters. The second kappa shape index (κ2) is 8.68. The van der Waals surface area contributed by atoms with Gasteiger partial charge < -0.3 is 9.73 Å².